The Balaban J connectivity index is 2.85. The van der Waals surface area contributed by atoms with Crippen LogP contribution in [0, 0.1) is 17.8 Å². The molecule has 3 N–H and O–H groups in total. The van der Waals surface area contributed by atoms with Crippen molar-refractivity contribution >= 4 is 29.4 Å². The fourth-order valence-electron chi connectivity index (χ4n) is 7.39. The molecule has 12 atom stereocenters. The molecule has 51 heavy (non-hydrogen) atoms. The van der Waals surface area contributed by atoms with Gasteiger partial charge in [0.1, 0.15) is 24.2 Å². The molecule has 14 heteroatoms. The highest BCUT2D eigenvalue weighted by Gasteiger charge is 2.51. The highest BCUT2D eigenvalue weighted by molar-refractivity contribution is 6.00. The number of carbonyl (C=O) groups is 5. The Morgan fingerprint density at radius 2 is 1.61 bits per heavy atom. The second-order valence-corrected chi connectivity index (χ2v) is 15.0. The molecule has 0 radical (unpaired) electrons. The number of ketones is 2. The molecule has 1 saturated heterocycles. The van der Waals surface area contributed by atoms with Gasteiger partial charge in [-0.15, -0.1) is 0 Å². The van der Waals surface area contributed by atoms with E-state index in [9.17, 15) is 34.2 Å². The van der Waals surface area contributed by atoms with Gasteiger partial charge in [-0.1, -0.05) is 33.3 Å². The van der Waals surface area contributed by atoms with Crippen molar-refractivity contribution in [2.75, 3.05) is 20.7 Å². The van der Waals surface area contributed by atoms with Crippen LogP contribution in [-0.4, -0.2) is 119 Å². The van der Waals surface area contributed by atoms with Crippen LogP contribution in [0.15, 0.2) is 11.3 Å². The Labute approximate surface area is 302 Å². The van der Waals surface area contributed by atoms with Gasteiger partial charge >= 0.3 is 11.9 Å². The topological polar surface area (TPSA) is 187 Å². The summed E-state index contributed by atoms with van der Waals surface area (Å²) in [6.07, 6.45) is -5.52. The molecule has 1 amide bonds. The molecule has 0 aliphatic carbocycles. The quantitative estimate of drug-likeness (QED) is 0.221. The van der Waals surface area contributed by atoms with Crippen LogP contribution in [-0.2, 0) is 47.7 Å². The predicted octanol–water partition coefficient (Wildman–Crippen LogP) is 2.85. The third kappa shape index (κ3) is 11.1. The van der Waals surface area contributed by atoms with E-state index >= 15 is 0 Å². The molecule has 0 aromatic heterocycles. The Hall–Kier alpha value is -2.75. The van der Waals surface area contributed by atoms with Crippen LogP contribution < -0.4 is 5.32 Å². The first-order valence-electron chi connectivity index (χ1n) is 17.9. The molecule has 2 heterocycles. The van der Waals surface area contributed by atoms with Gasteiger partial charge in [0.05, 0.1) is 30.0 Å². The lowest BCUT2D eigenvalue weighted by Gasteiger charge is -2.46. The monoisotopic (exact) mass is 726 g/mol. The summed E-state index contributed by atoms with van der Waals surface area (Å²) in [5.41, 5.74) is -3.00. The minimum absolute atomic E-state index is 0.129. The zero-order valence-corrected chi connectivity index (χ0v) is 32.7. The van der Waals surface area contributed by atoms with E-state index in [0.717, 1.165) is 0 Å². The van der Waals surface area contributed by atoms with Crippen LogP contribution in [0.25, 0.3) is 0 Å². The molecular weight excluding hydrogens is 664 g/mol. The molecule has 1 fully saturated rings. The summed E-state index contributed by atoms with van der Waals surface area (Å²) >= 11 is 0. The van der Waals surface area contributed by atoms with Gasteiger partial charge in [0, 0.05) is 44.2 Å². The van der Waals surface area contributed by atoms with Crippen LogP contribution in [0.1, 0.15) is 102 Å². The van der Waals surface area contributed by atoms with E-state index in [1.165, 1.54) is 41.5 Å². The molecule has 2 aliphatic heterocycles. The normalized spacial score (nSPS) is 37.4. The number of likely N-dealkylation sites (N-methyl/N-ethyl adjacent to an activating group) is 1. The maximum Gasteiger partial charge on any atom is 0.316 e. The highest BCUT2D eigenvalue weighted by atomic mass is 16.7. The molecule has 0 bridgehead atoms. The average molecular weight is 727 g/mol. The second-order valence-electron chi connectivity index (χ2n) is 15.0. The van der Waals surface area contributed by atoms with E-state index < -0.39 is 83.3 Å². The first-order valence-corrected chi connectivity index (χ1v) is 17.9. The standard InChI is InChI=1S/C37H62N2O12/c1-14-26(42)18-47-33-21(5)29(38-24(8)40)19(3)17-36(10,45)32(22(6)30(43)23(7)34(44)50-28(15-2)37(33,11)46)51-35-31(49-25(9)41)27(39(12)13)16-20(4)48-35/h20-23,27-28,31-33,35,45-46H,14-18H2,1-13H3,(H,38,40)/t20-,21+,22+,23-,27+,28-,31-,32-,33-,35+,36-,37-/m1/s1. The number of ether oxygens (including phenoxy) is 5. The number of rotatable bonds is 10. The SMILES string of the molecule is CCC(=O)CO[C@@H]1[C@@H](C)C(NC(C)=O)=C(C)C[C@@](C)(O)[C@H](O[C@@H]2O[C@H](C)C[C@H](N(C)C)[C@H]2OC(C)=O)[C@@H](C)C(=O)[C@@H](C)C(=O)O[C@H](CC)[C@@]1(C)O. The Morgan fingerprint density at radius 3 is 2.12 bits per heavy atom. The summed E-state index contributed by atoms with van der Waals surface area (Å²) in [6, 6.07) is -0.324. The van der Waals surface area contributed by atoms with Crippen molar-refractivity contribution in [3.63, 3.8) is 0 Å². The van der Waals surface area contributed by atoms with Crippen LogP contribution in [0.2, 0.25) is 0 Å². The largest absolute Gasteiger partial charge is 0.459 e. The van der Waals surface area contributed by atoms with E-state index in [1.807, 2.05) is 25.9 Å². The van der Waals surface area contributed by atoms with Crippen LogP contribution in [0.5, 0.6) is 0 Å². The summed E-state index contributed by atoms with van der Waals surface area (Å²) < 4.78 is 30.3. The molecule has 0 spiro atoms. The first-order chi connectivity index (χ1) is 23.5. The number of esters is 2. The number of hydrogen-bond acceptors (Lipinski definition) is 13. The smallest absolute Gasteiger partial charge is 0.316 e. The van der Waals surface area contributed by atoms with Gasteiger partial charge in [-0.2, -0.15) is 0 Å². The number of carbonyl (C=O) groups excluding carboxylic acids is 5. The summed E-state index contributed by atoms with van der Waals surface area (Å²) in [6.45, 7) is 16.7. The maximum atomic E-state index is 14.1. The minimum Gasteiger partial charge on any atom is -0.459 e. The van der Waals surface area contributed by atoms with Crippen molar-refractivity contribution in [1.82, 2.24) is 10.2 Å². The molecule has 0 unspecified atom stereocenters. The van der Waals surface area contributed by atoms with Crippen LogP contribution >= 0.6 is 0 Å². The summed E-state index contributed by atoms with van der Waals surface area (Å²) in [4.78, 5) is 66.9. The predicted molar refractivity (Wildman–Crippen MR) is 187 cm³/mol. The van der Waals surface area contributed by atoms with Crippen molar-refractivity contribution in [2.45, 2.75) is 156 Å². The van der Waals surface area contributed by atoms with Crippen molar-refractivity contribution in [1.29, 1.82) is 0 Å². The number of amides is 1. The molecule has 0 saturated carbocycles. The second kappa shape index (κ2) is 18.3. The van der Waals surface area contributed by atoms with Gasteiger partial charge in [0.2, 0.25) is 5.91 Å². The van der Waals surface area contributed by atoms with Gasteiger partial charge in [-0.3, -0.25) is 24.0 Å². The maximum absolute atomic E-state index is 14.1. The Morgan fingerprint density at radius 1 is 1.00 bits per heavy atom. The van der Waals surface area contributed by atoms with Crippen molar-refractivity contribution < 1.29 is 57.9 Å². The molecule has 2 aliphatic rings. The minimum atomic E-state index is -1.90. The van der Waals surface area contributed by atoms with Gasteiger partial charge in [0.25, 0.3) is 0 Å². The van der Waals surface area contributed by atoms with Crippen molar-refractivity contribution in [2.24, 2.45) is 17.8 Å². The summed E-state index contributed by atoms with van der Waals surface area (Å²) in [7, 11) is 3.67. The lowest BCUT2D eigenvalue weighted by atomic mass is 9.77. The molecule has 2 rings (SSSR count). The van der Waals surface area contributed by atoms with Gasteiger partial charge in [-0.25, -0.2) is 0 Å². The number of nitrogens with zero attached hydrogens (tertiary/aromatic N) is 1. The third-order valence-corrected chi connectivity index (χ3v) is 10.1. The van der Waals surface area contributed by atoms with E-state index in [-0.39, 0.29) is 43.8 Å². The van der Waals surface area contributed by atoms with Crippen LogP contribution in [0.3, 0.4) is 0 Å². The lowest BCUT2D eigenvalue weighted by molar-refractivity contribution is -0.294. The first kappa shape index (κ1) is 44.4. The zero-order chi connectivity index (χ0) is 39.2. The van der Waals surface area contributed by atoms with Gasteiger partial charge in [0.15, 0.2) is 24.0 Å². The third-order valence-electron chi connectivity index (χ3n) is 10.1. The summed E-state index contributed by atoms with van der Waals surface area (Å²) in [5, 5.41) is 27.2. The number of hydrogen-bond donors (Lipinski definition) is 3. The van der Waals surface area contributed by atoms with Crippen molar-refractivity contribution in [3.8, 4) is 0 Å². The zero-order valence-electron chi connectivity index (χ0n) is 32.7. The molecule has 292 valence electrons. The number of Topliss-reactive ketones (excluding diaryl/α,β-unsaturated/α-hetero) is 2. The lowest BCUT2D eigenvalue weighted by Crippen LogP contribution is -2.60. The molecule has 0 aromatic rings. The van der Waals surface area contributed by atoms with E-state index in [0.29, 0.717) is 17.7 Å². The average Bonchev–Trinajstić information content (AvgIpc) is 3.02. The Kier molecular flexibility index (Phi) is 16.0. The number of aliphatic hydroxyl groups is 2. The molecule has 0 aromatic carbocycles. The fraction of sp³-hybridized carbons (Fsp3) is 0.811. The number of nitrogens with one attached hydrogen (secondary N) is 1. The van der Waals surface area contributed by atoms with Crippen LogP contribution in [0.4, 0.5) is 0 Å². The fourth-order valence-corrected chi connectivity index (χ4v) is 7.39. The molecule has 14 nitrogen and oxygen atoms in total. The molecular formula is C37H62N2O12. The van der Waals surface area contributed by atoms with Gasteiger partial charge in [-0.05, 0) is 61.6 Å². The summed E-state index contributed by atoms with van der Waals surface area (Å²) in [5.74, 6) is -6.04. The highest BCUT2D eigenvalue weighted by Crippen LogP contribution is 2.38. The van der Waals surface area contributed by atoms with Gasteiger partial charge < -0.3 is 44.1 Å². The van der Waals surface area contributed by atoms with E-state index in [4.69, 9.17) is 23.7 Å². The van der Waals surface area contributed by atoms with E-state index in [2.05, 4.69) is 5.32 Å². The Bertz CT molecular complexity index is 1290. The van der Waals surface area contributed by atoms with E-state index in [1.54, 1.807) is 27.7 Å². The van der Waals surface area contributed by atoms with Crippen molar-refractivity contribution in [3.05, 3.63) is 11.3 Å². The number of cyclic esters (lactones) is 1.